The van der Waals surface area contributed by atoms with Crippen LogP contribution in [-0.2, 0) is 11.3 Å². The zero-order chi connectivity index (χ0) is 15.5. The molecule has 0 bridgehead atoms. The third kappa shape index (κ3) is 2.98. The van der Waals surface area contributed by atoms with Crippen LogP contribution in [0.5, 0.6) is 5.75 Å². The van der Waals surface area contributed by atoms with Crippen LogP contribution >= 0.6 is 0 Å². The number of ether oxygens (including phenoxy) is 2. The number of nitrogens with one attached hydrogen (secondary N) is 1. The molecule has 6 heteroatoms. The van der Waals surface area contributed by atoms with Gasteiger partial charge in [-0.15, -0.1) is 0 Å². The van der Waals surface area contributed by atoms with Gasteiger partial charge >= 0.3 is 0 Å². The second kappa shape index (κ2) is 6.46. The van der Waals surface area contributed by atoms with Crippen molar-refractivity contribution in [2.24, 2.45) is 0 Å². The van der Waals surface area contributed by atoms with Gasteiger partial charge in [0.05, 0.1) is 25.6 Å². The molecule has 1 N–H and O–H groups in total. The van der Waals surface area contributed by atoms with Crippen molar-refractivity contribution in [1.29, 1.82) is 0 Å². The minimum absolute atomic E-state index is 0.322. The summed E-state index contributed by atoms with van der Waals surface area (Å²) in [5, 5.41) is 6.99. The van der Waals surface area contributed by atoms with Crippen LogP contribution in [0.4, 0.5) is 4.39 Å². The number of aromatic nitrogens is 2. The number of halogens is 1. The second-order valence-electron chi connectivity index (χ2n) is 5.55. The van der Waals surface area contributed by atoms with Gasteiger partial charge in [-0.25, -0.2) is 4.39 Å². The predicted molar refractivity (Wildman–Crippen MR) is 81.2 cm³/mol. The topological polar surface area (TPSA) is 50.4 Å². The van der Waals surface area contributed by atoms with Gasteiger partial charge in [0.15, 0.2) is 0 Å². The highest BCUT2D eigenvalue weighted by Crippen LogP contribution is 2.28. The van der Waals surface area contributed by atoms with Gasteiger partial charge in [0.1, 0.15) is 11.6 Å². The zero-order valence-corrected chi connectivity index (χ0v) is 12.8. The normalized spacial score (nSPS) is 18.1. The summed E-state index contributed by atoms with van der Waals surface area (Å²) in [5.74, 6) is 0.180. The average molecular weight is 305 g/mol. The molecule has 1 unspecified atom stereocenters. The number of rotatable bonds is 5. The van der Waals surface area contributed by atoms with Gasteiger partial charge in [-0.2, -0.15) is 5.10 Å². The van der Waals surface area contributed by atoms with Crippen molar-refractivity contribution in [1.82, 2.24) is 15.1 Å². The summed E-state index contributed by atoms with van der Waals surface area (Å²) in [5.41, 5.74) is 2.19. The minimum atomic E-state index is -0.322. The van der Waals surface area contributed by atoms with E-state index in [9.17, 15) is 4.39 Å². The van der Waals surface area contributed by atoms with E-state index in [1.807, 2.05) is 0 Å². The summed E-state index contributed by atoms with van der Waals surface area (Å²) in [6.45, 7) is 2.26. The minimum Gasteiger partial charge on any atom is -0.497 e. The van der Waals surface area contributed by atoms with E-state index < -0.39 is 0 Å². The van der Waals surface area contributed by atoms with E-state index in [0.29, 0.717) is 29.6 Å². The Hall–Kier alpha value is -1.92. The number of nitrogens with zero attached hydrogens (tertiary/aromatic N) is 2. The van der Waals surface area contributed by atoms with Gasteiger partial charge in [0.2, 0.25) is 0 Å². The molecule has 118 valence electrons. The van der Waals surface area contributed by atoms with Crippen LogP contribution in [0, 0.1) is 5.82 Å². The summed E-state index contributed by atoms with van der Waals surface area (Å²) in [7, 11) is 3.58. The van der Waals surface area contributed by atoms with Crippen LogP contribution in [0.25, 0.3) is 11.3 Å². The van der Waals surface area contributed by atoms with E-state index in [-0.39, 0.29) is 5.82 Å². The molecule has 3 rings (SSSR count). The average Bonchev–Trinajstić information content (AvgIpc) is 3.18. The first kappa shape index (κ1) is 15.0. The Bertz CT molecular complexity index is 638. The van der Waals surface area contributed by atoms with E-state index in [4.69, 9.17) is 9.47 Å². The first-order valence-corrected chi connectivity index (χ1v) is 7.33. The number of methoxy groups -OCH3 is 1. The molecule has 0 amide bonds. The lowest BCUT2D eigenvalue weighted by Gasteiger charge is -2.22. The summed E-state index contributed by atoms with van der Waals surface area (Å²) in [6.07, 6.45) is 2.78. The number of likely N-dealkylation sites (N-methyl/N-ethyl adjacent to an activating group) is 1. The Kier molecular flexibility index (Phi) is 4.40. The molecule has 2 aromatic rings. The van der Waals surface area contributed by atoms with Crippen molar-refractivity contribution >= 4 is 0 Å². The van der Waals surface area contributed by atoms with Crippen LogP contribution in [0.3, 0.4) is 0 Å². The fourth-order valence-electron chi connectivity index (χ4n) is 2.76. The lowest BCUT2D eigenvalue weighted by Crippen LogP contribution is -2.31. The molecule has 22 heavy (non-hydrogen) atoms. The molecule has 0 spiro atoms. The van der Waals surface area contributed by atoms with E-state index in [1.165, 1.54) is 13.2 Å². The zero-order valence-electron chi connectivity index (χ0n) is 12.8. The Morgan fingerprint density at radius 1 is 1.50 bits per heavy atom. The SMILES string of the molecule is COc1ccc(-c2[nH]ncc2CN(C)C2CCOC2)c(F)c1. The first-order chi connectivity index (χ1) is 10.7. The summed E-state index contributed by atoms with van der Waals surface area (Å²) >= 11 is 0. The van der Waals surface area contributed by atoms with E-state index in [2.05, 4.69) is 22.1 Å². The highest BCUT2D eigenvalue weighted by Gasteiger charge is 2.22. The van der Waals surface area contributed by atoms with Crippen LogP contribution < -0.4 is 4.74 Å². The monoisotopic (exact) mass is 305 g/mol. The molecule has 1 atom stereocenters. The fourth-order valence-corrected chi connectivity index (χ4v) is 2.76. The molecule has 0 aliphatic carbocycles. The molecule has 1 aromatic carbocycles. The number of aromatic amines is 1. The smallest absolute Gasteiger partial charge is 0.136 e. The molecular formula is C16H20FN3O2. The first-order valence-electron chi connectivity index (χ1n) is 7.33. The molecule has 0 saturated carbocycles. The third-order valence-corrected chi connectivity index (χ3v) is 4.11. The van der Waals surface area contributed by atoms with Gasteiger partial charge in [0, 0.05) is 36.4 Å². The molecule has 1 fully saturated rings. The van der Waals surface area contributed by atoms with Crippen molar-refractivity contribution in [2.75, 3.05) is 27.4 Å². The second-order valence-corrected chi connectivity index (χ2v) is 5.55. The van der Waals surface area contributed by atoms with Crippen LogP contribution in [0.1, 0.15) is 12.0 Å². The standard InChI is InChI=1S/C16H20FN3O2/c1-20(12-5-6-22-10-12)9-11-8-18-19-16(11)14-4-3-13(21-2)7-15(14)17/h3-4,7-8,12H,5-6,9-10H2,1-2H3,(H,18,19). The Morgan fingerprint density at radius 3 is 3.05 bits per heavy atom. The van der Waals surface area contributed by atoms with Gasteiger partial charge in [-0.1, -0.05) is 0 Å². The van der Waals surface area contributed by atoms with Gasteiger partial charge in [-0.05, 0) is 25.6 Å². The van der Waals surface area contributed by atoms with E-state index in [0.717, 1.165) is 25.2 Å². The Morgan fingerprint density at radius 2 is 2.36 bits per heavy atom. The third-order valence-electron chi connectivity index (χ3n) is 4.11. The molecule has 2 heterocycles. The summed E-state index contributed by atoms with van der Waals surface area (Å²) < 4.78 is 24.7. The van der Waals surface area contributed by atoms with E-state index in [1.54, 1.807) is 18.3 Å². The van der Waals surface area contributed by atoms with Crippen molar-refractivity contribution < 1.29 is 13.9 Å². The largest absolute Gasteiger partial charge is 0.497 e. The molecule has 1 aliphatic rings. The van der Waals surface area contributed by atoms with Gasteiger partial charge in [-0.3, -0.25) is 10.00 Å². The number of hydrogen-bond donors (Lipinski definition) is 1. The van der Waals surface area contributed by atoms with Crippen molar-refractivity contribution in [3.8, 4) is 17.0 Å². The molecule has 5 nitrogen and oxygen atoms in total. The van der Waals surface area contributed by atoms with Gasteiger partial charge < -0.3 is 9.47 Å². The molecule has 1 aromatic heterocycles. The highest BCUT2D eigenvalue weighted by atomic mass is 19.1. The fraction of sp³-hybridized carbons (Fsp3) is 0.438. The molecule has 1 aliphatic heterocycles. The molecule has 1 saturated heterocycles. The van der Waals surface area contributed by atoms with Crippen molar-refractivity contribution in [3.63, 3.8) is 0 Å². The maximum atomic E-state index is 14.3. The number of H-pyrrole nitrogens is 1. The van der Waals surface area contributed by atoms with Crippen LogP contribution in [0.15, 0.2) is 24.4 Å². The molecule has 0 radical (unpaired) electrons. The van der Waals surface area contributed by atoms with Gasteiger partial charge in [0.25, 0.3) is 0 Å². The summed E-state index contributed by atoms with van der Waals surface area (Å²) in [4.78, 5) is 2.22. The van der Waals surface area contributed by atoms with Crippen LogP contribution in [-0.4, -0.2) is 48.5 Å². The summed E-state index contributed by atoms with van der Waals surface area (Å²) in [6, 6.07) is 5.25. The molecular weight excluding hydrogens is 285 g/mol. The quantitative estimate of drug-likeness (QED) is 0.922. The Balaban J connectivity index is 1.82. The predicted octanol–water partition coefficient (Wildman–Crippen LogP) is 2.45. The lowest BCUT2D eigenvalue weighted by molar-refractivity contribution is 0.156. The van der Waals surface area contributed by atoms with Crippen LogP contribution in [0.2, 0.25) is 0 Å². The Labute approximate surface area is 129 Å². The highest BCUT2D eigenvalue weighted by molar-refractivity contribution is 5.64. The maximum absolute atomic E-state index is 14.3. The number of benzene rings is 1. The number of hydrogen-bond acceptors (Lipinski definition) is 4. The lowest BCUT2D eigenvalue weighted by atomic mass is 10.1. The maximum Gasteiger partial charge on any atom is 0.136 e. The van der Waals surface area contributed by atoms with Crippen molar-refractivity contribution in [2.45, 2.75) is 19.0 Å². The van der Waals surface area contributed by atoms with Crippen molar-refractivity contribution in [3.05, 3.63) is 35.8 Å². The van der Waals surface area contributed by atoms with E-state index >= 15 is 0 Å².